The summed E-state index contributed by atoms with van der Waals surface area (Å²) in [5.74, 6) is -0.696. The van der Waals surface area contributed by atoms with Crippen LogP contribution in [0.5, 0.6) is 0 Å². The highest BCUT2D eigenvalue weighted by Gasteiger charge is 2.51. The first kappa shape index (κ1) is 12.3. The van der Waals surface area contributed by atoms with Crippen molar-refractivity contribution in [2.75, 3.05) is 11.5 Å². The average molecular weight is 271 g/mol. The fraction of sp³-hybridized carbons (Fsp3) is 0.444. The van der Waals surface area contributed by atoms with Crippen LogP contribution in [0, 0.1) is 10.7 Å². The van der Waals surface area contributed by atoms with E-state index in [2.05, 4.69) is 0 Å². The smallest absolute Gasteiger partial charge is 0.352 e. The minimum absolute atomic E-state index is 0.00296. The lowest BCUT2D eigenvalue weighted by atomic mass is 10.0. The predicted octanol–water partition coefficient (Wildman–Crippen LogP) is -0.218. The molecule has 0 aliphatic carbocycles. The van der Waals surface area contributed by atoms with Crippen LogP contribution >= 0.6 is 23.5 Å². The number of thioether (sulfide) groups is 2. The highest BCUT2D eigenvalue weighted by Crippen LogP contribution is 2.39. The van der Waals surface area contributed by atoms with Gasteiger partial charge < -0.3 is 10.8 Å². The molecule has 2 rings (SSSR count). The Morgan fingerprint density at radius 3 is 3.06 bits per heavy atom. The van der Waals surface area contributed by atoms with Crippen molar-refractivity contribution < 1.29 is 14.7 Å². The summed E-state index contributed by atoms with van der Waals surface area (Å²) < 4.78 is 0. The van der Waals surface area contributed by atoms with Crippen LogP contribution in [0.4, 0.5) is 0 Å². The summed E-state index contributed by atoms with van der Waals surface area (Å²) in [6, 6.07) is -0.612. The third kappa shape index (κ3) is 1.90. The SMILES string of the molecule is N#CSCC1=C(C(=O)O)N2C(=O)C(N)[C@@H]2SC1. The molecule has 2 heterocycles. The molecule has 0 aromatic rings. The maximum absolute atomic E-state index is 11.5. The molecule has 0 radical (unpaired) electrons. The van der Waals surface area contributed by atoms with E-state index in [1.807, 2.05) is 5.40 Å². The molecule has 6 nitrogen and oxygen atoms in total. The Labute approximate surface area is 106 Å². The zero-order chi connectivity index (χ0) is 12.6. The fourth-order valence-corrected chi connectivity index (χ4v) is 3.71. The molecule has 3 N–H and O–H groups in total. The second kappa shape index (κ2) is 4.60. The van der Waals surface area contributed by atoms with Crippen LogP contribution < -0.4 is 5.73 Å². The van der Waals surface area contributed by atoms with E-state index in [9.17, 15) is 9.59 Å². The van der Waals surface area contributed by atoms with Crippen molar-refractivity contribution in [2.45, 2.75) is 11.4 Å². The van der Waals surface area contributed by atoms with E-state index >= 15 is 0 Å². The van der Waals surface area contributed by atoms with Crippen molar-refractivity contribution in [3.05, 3.63) is 11.3 Å². The van der Waals surface area contributed by atoms with Crippen LogP contribution in [0.2, 0.25) is 0 Å². The molecule has 0 saturated carbocycles. The van der Waals surface area contributed by atoms with Crippen LogP contribution in [-0.2, 0) is 9.59 Å². The van der Waals surface area contributed by atoms with Crippen molar-refractivity contribution in [3.8, 4) is 5.40 Å². The number of β-lactam (4-membered cyclic amide) rings is 1. The number of carbonyl (C=O) groups excluding carboxylic acids is 1. The number of amides is 1. The monoisotopic (exact) mass is 271 g/mol. The summed E-state index contributed by atoms with van der Waals surface area (Å²) in [5.41, 5.74) is 6.20. The van der Waals surface area contributed by atoms with Gasteiger partial charge in [-0.25, -0.2) is 4.79 Å². The second-order valence-corrected chi connectivity index (χ2v) is 5.44. The Kier molecular flexibility index (Phi) is 3.33. The summed E-state index contributed by atoms with van der Waals surface area (Å²) in [5, 5.41) is 19.2. The van der Waals surface area contributed by atoms with Gasteiger partial charge in [-0.3, -0.25) is 9.69 Å². The van der Waals surface area contributed by atoms with Crippen LogP contribution in [0.3, 0.4) is 0 Å². The minimum atomic E-state index is -1.14. The third-order valence-corrected chi connectivity index (χ3v) is 4.58. The molecule has 0 spiro atoms. The molecule has 2 aliphatic rings. The van der Waals surface area contributed by atoms with E-state index in [0.717, 1.165) is 11.8 Å². The first-order valence-corrected chi connectivity index (χ1v) is 6.77. The van der Waals surface area contributed by atoms with Gasteiger partial charge in [0.05, 0.1) is 0 Å². The number of nitrogens with zero attached hydrogens (tertiary/aromatic N) is 2. The van der Waals surface area contributed by atoms with Crippen molar-refractivity contribution in [2.24, 2.45) is 5.73 Å². The summed E-state index contributed by atoms with van der Waals surface area (Å²) in [6.45, 7) is 0. The number of hydrogen-bond acceptors (Lipinski definition) is 6. The van der Waals surface area contributed by atoms with E-state index in [1.54, 1.807) is 0 Å². The Hall–Kier alpha value is -1.17. The molecule has 0 bridgehead atoms. The van der Waals surface area contributed by atoms with Gasteiger partial charge in [0.25, 0.3) is 0 Å². The molecule has 2 atom stereocenters. The first-order valence-electron chi connectivity index (χ1n) is 4.74. The number of thiocyanates is 1. The molecule has 2 aliphatic heterocycles. The summed E-state index contributed by atoms with van der Waals surface area (Å²) in [7, 11) is 0. The topological polar surface area (TPSA) is 107 Å². The van der Waals surface area contributed by atoms with Gasteiger partial charge in [0.1, 0.15) is 22.5 Å². The van der Waals surface area contributed by atoms with Gasteiger partial charge in [0.2, 0.25) is 5.91 Å². The van der Waals surface area contributed by atoms with Gasteiger partial charge in [-0.2, -0.15) is 5.26 Å². The number of carbonyl (C=O) groups is 2. The molecule has 8 heteroatoms. The van der Waals surface area contributed by atoms with Gasteiger partial charge in [-0.15, -0.1) is 11.8 Å². The molecule has 1 saturated heterocycles. The van der Waals surface area contributed by atoms with Crippen LogP contribution in [0.1, 0.15) is 0 Å². The van der Waals surface area contributed by atoms with Gasteiger partial charge in [-0.05, 0) is 17.3 Å². The number of aliphatic carboxylic acids is 1. The van der Waals surface area contributed by atoms with Gasteiger partial charge >= 0.3 is 5.97 Å². The predicted molar refractivity (Wildman–Crippen MR) is 63.8 cm³/mol. The maximum atomic E-state index is 11.5. The highest BCUT2D eigenvalue weighted by atomic mass is 32.2. The van der Waals surface area contributed by atoms with Crippen molar-refractivity contribution in [1.82, 2.24) is 4.90 Å². The number of nitriles is 1. The minimum Gasteiger partial charge on any atom is -0.477 e. The van der Waals surface area contributed by atoms with Gasteiger partial charge in [-0.1, -0.05) is 0 Å². The molecule has 1 amide bonds. The lowest BCUT2D eigenvalue weighted by Crippen LogP contribution is -2.68. The Morgan fingerprint density at radius 2 is 2.47 bits per heavy atom. The normalized spacial score (nSPS) is 27.3. The average Bonchev–Trinajstić information content (AvgIpc) is 2.33. The van der Waals surface area contributed by atoms with Crippen molar-refractivity contribution in [3.63, 3.8) is 0 Å². The number of rotatable bonds is 3. The molecule has 17 heavy (non-hydrogen) atoms. The molecular weight excluding hydrogens is 262 g/mol. The molecule has 0 aromatic heterocycles. The number of fused-ring (bicyclic) bond motifs is 1. The second-order valence-electron chi connectivity index (χ2n) is 3.57. The van der Waals surface area contributed by atoms with Crippen LogP contribution in [0.15, 0.2) is 11.3 Å². The zero-order valence-corrected chi connectivity index (χ0v) is 10.3. The zero-order valence-electron chi connectivity index (χ0n) is 8.62. The van der Waals surface area contributed by atoms with E-state index < -0.39 is 12.0 Å². The third-order valence-electron chi connectivity index (χ3n) is 2.60. The van der Waals surface area contributed by atoms with Crippen molar-refractivity contribution in [1.29, 1.82) is 5.26 Å². The lowest BCUT2D eigenvalue weighted by Gasteiger charge is -2.47. The standard InChI is InChI=1S/C9H9N3O3S2/c10-3-16-1-4-2-17-8-5(11)7(13)12(8)6(4)9(14)15/h5,8H,1-2,11H2,(H,14,15)/t5?,8-/m0/s1. The Morgan fingerprint density at radius 1 is 1.76 bits per heavy atom. The molecular formula is C9H9N3O3S2. The summed E-state index contributed by atoms with van der Waals surface area (Å²) in [6.07, 6.45) is 0. The van der Waals surface area contributed by atoms with E-state index in [4.69, 9.17) is 16.1 Å². The lowest BCUT2D eigenvalue weighted by molar-refractivity contribution is -0.147. The van der Waals surface area contributed by atoms with Crippen LogP contribution in [-0.4, -0.2) is 44.8 Å². The van der Waals surface area contributed by atoms with E-state index in [1.165, 1.54) is 16.7 Å². The van der Waals surface area contributed by atoms with E-state index in [0.29, 0.717) is 17.1 Å². The largest absolute Gasteiger partial charge is 0.477 e. The highest BCUT2D eigenvalue weighted by molar-refractivity contribution is 8.04. The van der Waals surface area contributed by atoms with Crippen molar-refractivity contribution >= 4 is 35.4 Å². The Balaban J connectivity index is 2.30. The van der Waals surface area contributed by atoms with Gasteiger partial charge in [0, 0.05) is 11.5 Å². The summed E-state index contributed by atoms with van der Waals surface area (Å²) >= 11 is 2.41. The number of hydrogen-bond donors (Lipinski definition) is 2. The maximum Gasteiger partial charge on any atom is 0.352 e. The quantitative estimate of drug-likeness (QED) is 0.539. The molecule has 1 unspecified atom stereocenters. The first-order chi connectivity index (χ1) is 8.07. The van der Waals surface area contributed by atoms with Crippen LogP contribution in [0.25, 0.3) is 0 Å². The fourth-order valence-electron chi connectivity index (χ4n) is 1.81. The Bertz CT molecular complexity index is 457. The van der Waals surface area contributed by atoms with E-state index in [-0.39, 0.29) is 17.0 Å². The summed E-state index contributed by atoms with van der Waals surface area (Å²) in [4.78, 5) is 24.0. The van der Waals surface area contributed by atoms with Gasteiger partial charge in [0.15, 0.2) is 0 Å². The molecule has 0 aromatic carbocycles. The number of nitrogens with two attached hydrogens (primary N) is 1. The number of carboxylic acid groups (broad SMARTS) is 1. The number of carboxylic acids is 1. The molecule has 1 fully saturated rings. The molecule has 90 valence electrons.